The van der Waals surface area contributed by atoms with Gasteiger partial charge in [0, 0.05) is 24.3 Å². The van der Waals surface area contributed by atoms with Crippen molar-refractivity contribution in [3.63, 3.8) is 0 Å². The number of nitrogens with one attached hydrogen (secondary N) is 1. The molecule has 2 aromatic rings. The van der Waals surface area contributed by atoms with E-state index in [0.717, 1.165) is 11.3 Å². The van der Waals surface area contributed by atoms with Crippen molar-refractivity contribution in [1.29, 1.82) is 0 Å². The van der Waals surface area contributed by atoms with E-state index < -0.39 is 11.9 Å². The largest absolute Gasteiger partial charge is 0.465 e. The molecule has 3 rings (SSSR count). The number of para-hydroxylation sites is 1. The molecule has 0 saturated carbocycles. The van der Waals surface area contributed by atoms with E-state index in [0.29, 0.717) is 11.3 Å². The summed E-state index contributed by atoms with van der Waals surface area (Å²) in [5.41, 5.74) is 2.79. The van der Waals surface area contributed by atoms with E-state index in [1.54, 1.807) is 29.2 Å². The summed E-state index contributed by atoms with van der Waals surface area (Å²) >= 11 is 0. The molecule has 1 aliphatic heterocycles. The zero-order valence-corrected chi connectivity index (χ0v) is 16.3. The number of nitrogens with zero attached hydrogens (tertiary/aromatic N) is 1. The second kappa shape index (κ2) is 8.25. The van der Waals surface area contributed by atoms with Crippen molar-refractivity contribution in [2.75, 3.05) is 23.9 Å². The van der Waals surface area contributed by atoms with Crippen LogP contribution >= 0.6 is 0 Å². The predicted octanol–water partition coefficient (Wildman–Crippen LogP) is 3.59. The van der Waals surface area contributed by atoms with Gasteiger partial charge in [-0.15, -0.1) is 0 Å². The maximum Gasteiger partial charge on any atom is 0.337 e. The minimum atomic E-state index is -0.465. The Morgan fingerprint density at radius 2 is 1.89 bits per heavy atom. The Kier molecular flexibility index (Phi) is 5.78. The van der Waals surface area contributed by atoms with Crippen LogP contribution in [0.25, 0.3) is 0 Å². The average Bonchev–Trinajstić information content (AvgIpc) is 3.09. The highest BCUT2D eigenvalue weighted by atomic mass is 16.5. The number of rotatable bonds is 5. The zero-order valence-electron chi connectivity index (χ0n) is 16.3. The maximum atomic E-state index is 12.8. The minimum absolute atomic E-state index is 0.137. The summed E-state index contributed by atoms with van der Waals surface area (Å²) in [6.45, 7) is 4.42. The molecule has 2 aromatic carbocycles. The molecule has 1 saturated heterocycles. The van der Waals surface area contributed by atoms with E-state index in [-0.39, 0.29) is 30.7 Å². The average molecular weight is 380 g/mol. The molecule has 1 heterocycles. The fourth-order valence-corrected chi connectivity index (χ4v) is 3.40. The molecular formula is C22H24N2O4. The summed E-state index contributed by atoms with van der Waals surface area (Å²) in [7, 11) is 1.31. The Bertz CT molecular complexity index is 907. The Morgan fingerprint density at radius 3 is 2.61 bits per heavy atom. The summed E-state index contributed by atoms with van der Waals surface area (Å²) in [4.78, 5) is 38.5. The first kappa shape index (κ1) is 19.6. The molecule has 0 spiro atoms. The number of benzene rings is 2. The summed E-state index contributed by atoms with van der Waals surface area (Å²) < 4.78 is 4.73. The Morgan fingerprint density at radius 1 is 1.14 bits per heavy atom. The summed E-state index contributed by atoms with van der Waals surface area (Å²) in [5.74, 6) is -0.950. The van der Waals surface area contributed by atoms with Crippen molar-refractivity contribution >= 4 is 29.2 Å². The lowest BCUT2D eigenvalue weighted by atomic mass is 10.0. The summed E-state index contributed by atoms with van der Waals surface area (Å²) in [6.07, 6.45) is 0.137. The van der Waals surface area contributed by atoms with Gasteiger partial charge in [0.05, 0.1) is 18.6 Å². The lowest BCUT2D eigenvalue weighted by Crippen LogP contribution is -2.28. The Labute approximate surface area is 164 Å². The molecule has 1 N–H and O–H groups in total. The Balaban J connectivity index is 1.74. The van der Waals surface area contributed by atoms with Crippen LogP contribution in [-0.4, -0.2) is 31.4 Å². The number of methoxy groups -OCH3 is 1. The van der Waals surface area contributed by atoms with Gasteiger partial charge in [0.15, 0.2) is 0 Å². The minimum Gasteiger partial charge on any atom is -0.465 e. The van der Waals surface area contributed by atoms with Gasteiger partial charge in [-0.05, 0) is 35.7 Å². The van der Waals surface area contributed by atoms with Gasteiger partial charge < -0.3 is 15.0 Å². The van der Waals surface area contributed by atoms with Gasteiger partial charge in [-0.25, -0.2) is 4.79 Å². The number of amides is 2. The summed E-state index contributed by atoms with van der Waals surface area (Å²) in [5, 5.41) is 2.97. The topological polar surface area (TPSA) is 75.7 Å². The van der Waals surface area contributed by atoms with Crippen LogP contribution in [0.2, 0.25) is 0 Å². The van der Waals surface area contributed by atoms with E-state index in [1.807, 2.05) is 24.3 Å². The molecule has 1 unspecified atom stereocenters. The van der Waals surface area contributed by atoms with E-state index in [2.05, 4.69) is 19.2 Å². The second-order valence-electron chi connectivity index (χ2n) is 7.18. The highest BCUT2D eigenvalue weighted by Gasteiger charge is 2.35. The fourth-order valence-electron chi connectivity index (χ4n) is 3.40. The third kappa shape index (κ3) is 4.06. The first-order valence-electron chi connectivity index (χ1n) is 9.29. The molecule has 1 atom stereocenters. The lowest BCUT2D eigenvalue weighted by Gasteiger charge is -2.18. The van der Waals surface area contributed by atoms with E-state index in [1.165, 1.54) is 7.11 Å². The second-order valence-corrected chi connectivity index (χ2v) is 7.18. The van der Waals surface area contributed by atoms with Crippen molar-refractivity contribution < 1.29 is 19.1 Å². The number of carbonyl (C=O) groups is 3. The molecule has 2 amide bonds. The van der Waals surface area contributed by atoms with Crippen LogP contribution in [0.4, 0.5) is 11.4 Å². The zero-order chi connectivity index (χ0) is 20.3. The first-order valence-corrected chi connectivity index (χ1v) is 9.29. The van der Waals surface area contributed by atoms with Crippen LogP contribution < -0.4 is 10.2 Å². The number of ether oxygens (including phenoxy) is 1. The molecule has 1 fully saturated rings. The lowest BCUT2D eigenvalue weighted by molar-refractivity contribution is -0.122. The van der Waals surface area contributed by atoms with Crippen LogP contribution in [0.3, 0.4) is 0 Å². The van der Waals surface area contributed by atoms with Crippen molar-refractivity contribution in [2.24, 2.45) is 5.92 Å². The molecule has 0 radical (unpaired) electrons. The van der Waals surface area contributed by atoms with E-state index >= 15 is 0 Å². The number of hydrogen-bond acceptors (Lipinski definition) is 4. The molecule has 0 aliphatic carbocycles. The number of hydrogen-bond donors (Lipinski definition) is 1. The SMILES string of the molecule is COC(=O)c1cccc(N2CC(C(=O)Nc3ccccc3C(C)C)CC2=O)c1. The third-order valence-corrected chi connectivity index (χ3v) is 4.92. The van der Waals surface area contributed by atoms with Gasteiger partial charge in [-0.3, -0.25) is 9.59 Å². The van der Waals surface area contributed by atoms with Gasteiger partial charge in [-0.2, -0.15) is 0 Å². The number of anilines is 2. The maximum absolute atomic E-state index is 12.8. The molecule has 28 heavy (non-hydrogen) atoms. The van der Waals surface area contributed by atoms with Crippen molar-refractivity contribution in [1.82, 2.24) is 0 Å². The number of carbonyl (C=O) groups excluding carboxylic acids is 3. The van der Waals surface area contributed by atoms with Crippen molar-refractivity contribution in [3.8, 4) is 0 Å². The smallest absolute Gasteiger partial charge is 0.337 e. The van der Waals surface area contributed by atoms with Gasteiger partial charge in [0.25, 0.3) is 0 Å². The van der Waals surface area contributed by atoms with Gasteiger partial charge in [-0.1, -0.05) is 38.1 Å². The van der Waals surface area contributed by atoms with Crippen molar-refractivity contribution in [3.05, 3.63) is 59.7 Å². The molecule has 6 nitrogen and oxygen atoms in total. The van der Waals surface area contributed by atoms with Crippen LogP contribution in [0, 0.1) is 5.92 Å². The van der Waals surface area contributed by atoms with Crippen LogP contribution in [0.15, 0.2) is 48.5 Å². The Hall–Kier alpha value is -3.15. The fraction of sp³-hybridized carbons (Fsp3) is 0.318. The van der Waals surface area contributed by atoms with Gasteiger partial charge in [0.2, 0.25) is 11.8 Å². The van der Waals surface area contributed by atoms with Crippen LogP contribution in [0.1, 0.15) is 42.1 Å². The normalized spacial score (nSPS) is 16.4. The number of esters is 1. The molecule has 0 aromatic heterocycles. The van der Waals surface area contributed by atoms with Gasteiger partial charge in [0.1, 0.15) is 0 Å². The highest BCUT2D eigenvalue weighted by molar-refractivity contribution is 6.04. The van der Waals surface area contributed by atoms with Crippen molar-refractivity contribution in [2.45, 2.75) is 26.2 Å². The molecule has 1 aliphatic rings. The molecule has 0 bridgehead atoms. The quantitative estimate of drug-likeness (QED) is 0.805. The van der Waals surface area contributed by atoms with Crippen LogP contribution in [-0.2, 0) is 14.3 Å². The van der Waals surface area contributed by atoms with Crippen LogP contribution in [0.5, 0.6) is 0 Å². The predicted molar refractivity (Wildman–Crippen MR) is 107 cm³/mol. The monoisotopic (exact) mass is 380 g/mol. The third-order valence-electron chi connectivity index (χ3n) is 4.92. The standard InChI is InChI=1S/C22H24N2O4/c1-14(2)18-9-4-5-10-19(18)23-21(26)16-12-20(25)24(13-16)17-8-6-7-15(11-17)22(27)28-3/h4-11,14,16H,12-13H2,1-3H3,(H,23,26). The first-order chi connectivity index (χ1) is 13.4. The molecular weight excluding hydrogens is 356 g/mol. The summed E-state index contributed by atoms with van der Waals surface area (Å²) in [6, 6.07) is 14.4. The molecule has 6 heteroatoms. The van der Waals surface area contributed by atoms with Gasteiger partial charge >= 0.3 is 5.97 Å². The molecule has 146 valence electrons. The van der Waals surface area contributed by atoms with E-state index in [4.69, 9.17) is 4.74 Å². The highest BCUT2D eigenvalue weighted by Crippen LogP contribution is 2.29. The van der Waals surface area contributed by atoms with E-state index in [9.17, 15) is 14.4 Å².